The van der Waals surface area contributed by atoms with Gasteiger partial charge in [-0.1, -0.05) is 74.5 Å². The second kappa shape index (κ2) is 6.53. The van der Waals surface area contributed by atoms with Crippen molar-refractivity contribution < 1.29 is 0 Å². The van der Waals surface area contributed by atoms with Crippen molar-refractivity contribution in [1.29, 1.82) is 5.41 Å². The van der Waals surface area contributed by atoms with E-state index in [0.29, 0.717) is 18.1 Å². The van der Waals surface area contributed by atoms with Gasteiger partial charge in [-0.2, -0.15) is 0 Å². The maximum absolute atomic E-state index is 8.46. The molecule has 2 aromatic rings. The first-order chi connectivity index (χ1) is 9.99. The van der Waals surface area contributed by atoms with Crippen LogP contribution in [0.1, 0.15) is 48.9 Å². The van der Waals surface area contributed by atoms with Crippen molar-refractivity contribution in [3.05, 3.63) is 77.4 Å². The van der Waals surface area contributed by atoms with Crippen molar-refractivity contribution in [2.24, 2.45) is 0 Å². The summed E-state index contributed by atoms with van der Waals surface area (Å²) in [7, 11) is 0. The van der Waals surface area contributed by atoms with E-state index < -0.39 is 0 Å². The largest absolute Gasteiger partial charge is 0.304 e. The predicted molar refractivity (Wildman–Crippen MR) is 92.2 cm³/mol. The molecule has 0 radical (unpaired) electrons. The molecule has 0 amide bonds. The van der Waals surface area contributed by atoms with Gasteiger partial charge in [-0.25, -0.2) is 0 Å². The van der Waals surface area contributed by atoms with E-state index in [-0.39, 0.29) is 0 Å². The Morgan fingerprint density at radius 2 is 1.81 bits per heavy atom. The van der Waals surface area contributed by atoms with Gasteiger partial charge in [-0.15, -0.1) is 0 Å². The molecule has 0 aliphatic carbocycles. The third kappa shape index (κ3) is 3.69. The third-order valence-electron chi connectivity index (χ3n) is 3.71. The molecule has 0 atom stereocenters. The zero-order chi connectivity index (χ0) is 15.4. The molecule has 2 aromatic carbocycles. The van der Waals surface area contributed by atoms with Gasteiger partial charge in [-0.3, -0.25) is 0 Å². The molecule has 0 saturated carbocycles. The van der Waals surface area contributed by atoms with Crippen LogP contribution < -0.4 is 0 Å². The van der Waals surface area contributed by atoms with Crippen LogP contribution in [0, 0.1) is 5.41 Å². The molecule has 0 spiro atoms. The minimum absolute atomic E-state index is 0.434. The van der Waals surface area contributed by atoms with Gasteiger partial charge in [0.2, 0.25) is 0 Å². The Morgan fingerprint density at radius 1 is 1.10 bits per heavy atom. The third-order valence-corrected chi connectivity index (χ3v) is 3.71. The maximum atomic E-state index is 8.46. The number of nitrogens with one attached hydrogen (secondary N) is 1. The lowest BCUT2D eigenvalue weighted by Crippen LogP contribution is -2.08. The number of hydrogen-bond donors (Lipinski definition) is 1. The van der Waals surface area contributed by atoms with Gasteiger partial charge in [0.25, 0.3) is 0 Å². The smallest absolute Gasteiger partial charge is 0.0432 e. The summed E-state index contributed by atoms with van der Waals surface area (Å²) in [6, 6.07) is 16.6. The Kier molecular flexibility index (Phi) is 4.74. The van der Waals surface area contributed by atoms with Gasteiger partial charge in [0.15, 0.2) is 0 Å². The summed E-state index contributed by atoms with van der Waals surface area (Å²) in [6.45, 7) is 10.3. The molecule has 108 valence electrons. The average molecular weight is 277 g/mol. The van der Waals surface area contributed by atoms with Crippen LogP contribution in [0.3, 0.4) is 0 Å². The van der Waals surface area contributed by atoms with Crippen LogP contribution in [0.25, 0.3) is 5.57 Å². The minimum Gasteiger partial charge on any atom is -0.304 e. The standard InChI is InChI=1S/C20H23N/c1-14(2)17-9-7-8-16(12-17)13-20(21)19-11-6-5-10-18(19)15(3)4/h5-12,15,21H,1,13H2,2-4H3. The van der Waals surface area contributed by atoms with E-state index in [9.17, 15) is 0 Å². The van der Waals surface area contributed by atoms with Gasteiger partial charge in [-0.05, 0) is 35.1 Å². The monoisotopic (exact) mass is 277 g/mol. The molecular formula is C20H23N. The summed E-state index contributed by atoms with van der Waals surface area (Å²) >= 11 is 0. The molecule has 1 N–H and O–H groups in total. The first-order valence-electron chi connectivity index (χ1n) is 7.40. The number of benzene rings is 2. The average Bonchev–Trinajstić information content (AvgIpc) is 2.47. The predicted octanol–water partition coefficient (Wildman–Crippen LogP) is 5.45. The Morgan fingerprint density at radius 3 is 2.48 bits per heavy atom. The van der Waals surface area contributed by atoms with Crippen LogP contribution >= 0.6 is 0 Å². The molecule has 2 rings (SSSR count). The molecule has 0 fully saturated rings. The molecule has 0 saturated heterocycles. The number of allylic oxidation sites excluding steroid dienone is 1. The highest BCUT2D eigenvalue weighted by atomic mass is 14.4. The summed E-state index contributed by atoms with van der Waals surface area (Å²) in [6.07, 6.45) is 0.658. The van der Waals surface area contributed by atoms with Gasteiger partial charge < -0.3 is 5.41 Å². The topological polar surface area (TPSA) is 23.9 Å². The molecule has 1 heteroatoms. The van der Waals surface area contributed by atoms with Crippen molar-refractivity contribution >= 4 is 11.3 Å². The lowest BCUT2D eigenvalue weighted by Gasteiger charge is -2.14. The Hall–Kier alpha value is -2.15. The van der Waals surface area contributed by atoms with Gasteiger partial charge in [0, 0.05) is 12.1 Å². The molecule has 21 heavy (non-hydrogen) atoms. The zero-order valence-corrected chi connectivity index (χ0v) is 13.1. The van der Waals surface area contributed by atoms with Crippen LogP contribution in [0.4, 0.5) is 0 Å². The number of hydrogen-bond acceptors (Lipinski definition) is 1. The second-order valence-corrected chi connectivity index (χ2v) is 5.88. The van der Waals surface area contributed by atoms with E-state index in [2.05, 4.69) is 50.8 Å². The molecular weight excluding hydrogens is 254 g/mol. The molecule has 0 aliphatic rings. The van der Waals surface area contributed by atoms with E-state index in [1.165, 1.54) is 11.1 Å². The highest BCUT2D eigenvalue weighted by Crippen LogP contribution is 2.21. The molecule has 1 nitrogen and oxygen atoms in total. The van der Waals surface area contributed by atoms with Crippen molar-refractivity contribution in [2.75, 3.05) is 0 Å². The highest BCUT2D eigenvalue weighted by molar-refractivity contribution is 6.01. The molecule has 0 aromatic heterocycles. The quantitative estimate of drug-likeness (QED) is 0.702. The lowest BCUT2D eigenvalue weighted by molar-refractivity contribution is 0.863. The van der Waals surface area contributed by atoms with E-state index in [1.54, 1.807) is 0 Å². The van der Waals surface area contributed by atoms with Gasteiger partial charge in [0.1, 0.15) is 0 Å². The second-order valence-electron chi connectivity index (χ2n) is 5.88. The van der Waals surface area contributed by atoms with E-state index >= 15 is 0 Å². The van der Waals surface area contributed by atoms with Crippen molar-refractivity contribution in [3.8, 4) is 0 Å². The van der Waals surface area contributed by atoms with Crippen molar-refractivity contribution in [3.63, 3.8) is 0 Å². The first-order valence-corrected chi connectivity index (χ1v) is 7.40. The fourth-order valence-corrected chi connectivity index (χ4v) is 2.52. The van der Waals surface area contributed by atoms with Crippen molar-refractivity contribution in [2.45, 2.75) is 33.1 Å². The van der Waals surface area contributed by atoms with Crippen LogP contribution in [0.2, 0.25) is 0 Å². The summed E-state index contributed by atoms with van der Waals surface area (Å²) in [5.41, 5.74) is 6.37. The van der Waals surface area contributed by atoms with Gasteiger partial charge in [0.05, 0.1) is 0 Å². The first kappa shape index (κ1) is 15.2. The van der Waals surface area contributed by atoms with Crippen LogP contribution in [0.5, 0.6) is 0 Å². The Labute approximate surface area is 127 Å². The van der Waals surface area contributed by atoms with E-state index in [1.807, 2.05) is 25.1 Å². The van der Waals surface area contributed by atoms with Crippen LogP contribution in [0.15, 0.2) is 55.1 Å². The maximum Gasteiger partial charge on any atom is 0.0432 e. The van der Waals surface area contributed by atoms with Crippen LogP contribution in [-0.2, 0) is 6.42 Å². The summed E-state index contributed by atoms with van der Waals surface area (Å²) in [4.78, 5) is 0. The zero-order valence-electron chi connectivity index (χ0n) is 13.1. The highest BCUT2D eigenvalue weighted by Gasteiger charge is 2.11. The normalized spacial score (nSPS) is 10.7. The molecule has 0 unspecified atom stereocenters. The molecule has 0 aliphatic heterocycles. The van der Waals surface area contributed by atoms with Crippen LogP contribution in [-0.4, -0.2) is 5.71 Å². The van der Waals surface area contributed by atoms with Gasteiger partial charge >= 0.3 is 0 Å². The summed E-state index contributed by atoms with van der Waals surface area (Å²) < 4.78 is 0. The van der Waals surface area contributed by atoms with E-state index in [0.717, 1.165) is 16.7 Å². The summed E-state index contributed by atoms with van der Waals surface area (Å²) in [5.74, 6) is 0.434. The summed E-state index contributed by atoms with van der Waals surface area (Å²) in [5, 5.41) is 8.46. The van der Waals surface area contributed by atoms with E-state index in [4.69, 9.17) is 5.41 Å². The minimum atomic E-state index is 0.434. The Bertz CT molecular complexity index is 665. The van der Waals surface area contributed by atoms with Crippen molar-refractivity contribution in [1.82, 2.24) is 0 Å². The SMILES string of the molecule is C=C(C)c1cccc(CC(=N)c2ccccc2C(C)C)c1. The Balaban J connectivity index is 2.26. The number of rotatable bonds is 5. The molecule has 0 heterocycles. The molecule has 0 bridgehead atoms. The fraction of sp³-hybridized carbons (Fsp3) is 0.250. The lowest BCUT2D eigenvalue weighted by atomic mass is 9.91. The fourth-order valence-electron chi connectivity index (χ4n) is 2.52.